The van der Waals surface area contributed by atoms with Crippen molar-refractivity contribution in [2.75, 3.05) is 33.9 Å². The summed E-state index contributed by atoms with van der Waals surface area (Å²) in [4.78, 5) is 14.2. The van der Waals surface area contributed by atoms with Gasteiger partial charge < -0.3 is 15.0 Å². The molecule has 3 aromatic rings. The molecule has 0 saturated carbocycles. The Morgan fingerprint density at radius 1 is 1.10 bits per heavy atom. The summed E-state index contributed by atoms with van der Waals surface area (Å²) < 4.78 is 6.86. The number of methoxy groups -OCH3 is 1. The molecule has 0 fully saturated rings. The van der Waals surface area contributed by atoms with Crippen molar-refractivity contribution in [1.82, 2.24) is 20.0 Å². The van der Waals surface area contributed by atoms with E-state index in [0.717, 1.165) is 22.5 Å². The van der Waals surface area contributed by atoms with Gasteiger partial charge in [0.1, 0.15) is 0 Å². The number of rotatable bonds is 9. The number of amides is 1. The van der Waals surface area contributed by atoms with Crippen LogP contribution in [0.1, 0.15) is 5.56 Å². The first-order chi connectivity index (χ1) is 13.7. The minimum atomic E-state index is 0. The Labute approximate surface area is 177 Å². The molecule has 7 heteroatoms. The van der Waals surface area contributed by atoms with Gasteiger partial charge in [-0.15, -0.1) is 12.4 Å². The Morgan fingerprint density at radius 3 is 2.41 bits per heavy atom. The van der Waals surface area contributed by atoms with Gasteiger partial charge in [0.2, 0.25) is 5.91 Å². The molecule has 1 aromatic heterocycles. The number of carbonyl (C=O) groups excluding carboxylic acids is 1. The average Bonchev–Trinajstić information content (AvgIpc) is 3.16. The van der Waals surface area contributed by atoms with Crippen molar-refractivity contribution in [3.8, 4) is 16.9 Å². The van der Waals surface area contributed by atoms with Gasteiger partial charge in [0.25, 0.3) is 0 Å². The third-order valence-electron chi connectivity index (χ3n) is 4.45. The monoisotopic (exact) mass is 414 g/mol. The van der Waals surface area contributed by atoms with Crippen molar-refractivity contribution >= 4 is 18.3 Å². The van der Waals surface area contributed by atoms with Crippen LogP contribution in [-0.4, -0.2) is 54.4 Å². The summed E-state index contributed by atoms with van der Waals surface area (Å²) >= 11 is 0. The smallest absolute Gasteiger partial charge is 0.236 e. The van der Waals surface area contributed by atoms with Gasteiger partial charge in [0.05, 0.1) is 24.5 Å². The van der Waals surface area contributed by atoms with Crippen LogP contribution in [0.5, 0.6) is 0 Å². The van der Waals surface area contributed by atoms with Crippen LogP contribution in [0.4, 0.5) is 0 Å². The minimum Gasteiger partial charge on any atom is -0.383 e. The van der Waals surface area contributed by atoms with Crippen molar-refractivity contribution < 1.29 is 9.53 Å². The van der Waals surface area contributed by atoms with E-state index < -0.39 is 0 Å². The number of aromatic nitrogens is 2. The summed E-state index contributed by atoms with van der Waals surface area (Å²) in [5, 5.41) is 7.89. The molecule has 0 aliphatic heterocycles. The number of ether oxygens (including phenoxy) is 1. The second-order valence-corrected chi connectivity index (χ2v) is 6.57. The Morgan fingerprint density at radius 2 is 1.76 bits per heavy atom. The standard InChI is InChI=1S/C22H26N4O2.ClH/c1-25(21(27)15-23-13-14-28-2)16-19-17-26(20-11-7-4-8-12-20)24-22(19)18-9-5-3-6-10-18;/h3-12,17,23H,13-16H2,1-2H3;1H. The van der Waals surface area contributed by atoms with Crippen LogP contribution in [0.25, 0.3) is 16.9 Å². The normalized spacial score (nSPS) is 10.4. The zero-order chi connectivity index (χ0) is 19.8. The van der Waals surface area contributed by atoms with Crippen molar-refractivity contribution in [1.29, 1.82) is 0 Å². The fourth-order valence-corrected chi connectivity index (χ4v) is 2.93. The number of hydrogen-bond donors (Lipinski definition) is 1. The third kappa shape index (κ3) is 6.15. The van der Waals surface area contributed by atoms with Gasteiger partial charge in [-0.2, -0.15) is 5.10 Å². The Bertz CT molecular complexity index is 884. The predicted octanol–water partition coefficient (Wildman–Crippen LogP) is 3.16. The molecule has 3 rings (SSSR count). The molecule has 0 radical (unpaired) electrons. The molecule has 0 saturated heterocycles. The Balaban J connectivity index is 0.00000300. The molecule has 1 heterocycles. The molecular formula is C22H27ClN4O2. The molecule has 0 aliphatic rings. The highest BCUT2D eigenvalue weighted by molar-refractivity contribution is 5.85. The van der Waals surface area contributed by atoms with Crippen molar-refractivity contribution in [3.63, 3.8) is 0 Å². The molecule has 6 nitrogen and oxygen atoms in total. The molecular weight excluding hydrogens is 388 g/mol. The second kappa shape index (κ2) is 11.4. The van der Waals surface area contributed by atoms with Gasteiger partial charge >= 0.3 is 0 Å². The fraction of sp³-hybridized carbons (Fsp3) is 0.273. The summed E-state index contributed by atoms with van der Waals surface area (Å²) in [6.45, 7) is 2.01. The number of nitrogens with one attached hydrogen (secondary N) is 1. The van der Waals surface area contributed by atoms with Gasteiger partial charge in [-0.05, 0) is 12.1 Å². The number of benzene rings is 2. The number of para-hydroxylation sites is 1. The zero-order valence-corrected chi connectivity index (χ0v) is 17.6. The molecule has 0 unspecified atom stereocenters. The first kappa shape index (κ1) is 22.6. The summed E-state index contributed by atoms with van der Waals surface area (Å²) in [7, 11) is 3.46. The van der Waals surface area contributed by atoms with Crippen LogP contribution >= 0.6 is 12.4 Å². The fourth-order valence-electron chi connectivity index (χ4n) is 2.93. The van der Waals surface area contributed by atoms with E-state index in [2.05, 4.69) is 5.32 Å². The van der Waals surface area contributed by atoms with Crippen LogP contribution in [-0.2, 0) is 16.1 Å². The summed E-state index contributed by atoms with van der Waals surface area (Å²) in [5.74, 6) is 0.0302. The summed E-state index contributed by atoms with van der Waals surface area (Å²) in [5.41, 5.74) is 3.91. The zero-order valence-electron chi connectivity index (χ0n) is 16.7. The SMILES string of the molecule is COCCNCC(=O)N(C)Cc1cn(-c2ccccc2)nc1-c1ccccc1.Cl. The minimum absolute atomic E-state index is 0. The van der Waals surface area contributed by atoms with Gasteiger partial charge in [-0.25, -0.2) is 4.68 Å². The van der Waals surface area contributed by atoms with Crippen molar-refractivity contribution in [2.45, 2.75) is 6.54 Å². The lowest BCUT2D eigenvalue weighted by Gasteiger charge is -2.17. The van der Waals surface area contributed by atoms with Crippen LogP contribution < -0.4 is 5.32 Å². The molecule has 2 aromatic carbocycles. The molecule has 154 valence electrons. The Kier molecular flexibility index (Phi) is 8.86. The van der Waals surface area contributed by atoms with Crippen molar-refractivity contribution in [2.24, 2.45) is 0 Å². The topological polar surface area (TPSA) is 59.4 Å². The van der Waals surface area contributed by atoms with Gasteiger partial charge in [0.15, 0.2) is 0 Å². The van der Waals surface area contributed by atoms with E-state index in [4.69, 9.17) is 9.84 Å². The maximum Gasteiger partial charge on any atom is 0.236 e. The van der Waals surface area contributed by atoms with Gasteiger partial charge in [-0.3, -0.25) is 4.79 Å². The predicted molar refractivity (Wildman–Crippen MR) is 117 cm³/mol. The van der Waals surface area contributed by atoms with E-state index in [1.165, 1.54) is 0 Å². The van der Waals surface area contributed by atoms with Gasteiger partial charge in [0, 0.05) is 44.6 Å². The molecule has 1 N–H and O–H groups in total. The lowest BCUT2D eigenvalue weighted by Crippen LogP contribution is -2.36. The van der Waals surface area contributed by atoms with E-state index in [-0.39, 0.29) is 24.9 Å². The summed E-state index contributed by atoms with van der Waals surface area (Å²) in [6.07, 6.45) is 2.00. The summed E-state index contributed by atoms with van der Waals surface area (Å²) in [6, 6.07) is 20.0. The quantitative estimate of drug-likeness (QED) is 0.546. The molecule has 0 aliphatic carbocycles. The number of halogens is 1. The maximum atomic E-state index is 12.4. The van der Waals surface area contributed by atoms with E-state index in [1.54, 1.807) is 12.0 Å². The molecule has 1 amide bonds. The molecule has 0 bridgehead atoms. The van der Waals surface area contributed by atoms with E-state index >= 15 is 0 Å². The number of likely N-dealkylation sites (N-methyl/N-ethyl adjacent to an activating group) is 1. The highest BCUT2D eigenvalue weighted by Crippen LogP contribution is 2.24. The highest BCUT2D eigenvalue weighted by atomic mass is 35.5. The number of carbonyl (C=O) groups is 1. The largest absolute Gasteiger partial charge is 0.383 e. The Hall–Kier alpha value is -2.67. The van der Waals surface area contributed by atoms with Crippen LogP contribution in [0, 0.1) is 0 Å². The lowest BCUT2D eigenvalue weighted by atomic mass is 10.1. The van der Waals surface area contributed by atoms with E-state index in [0.29, 0.717) is 19.7 Å². The molecule has 0 atom stereocenters. The number of hydrogen-bond acceptors (Lipinski definition) is 4. The lowest BCUT2D eigenvalue weighted by molar-refractivity contribution is -0.129. The third-order valence-corrected chi connectivity index (χ3v) is 4.45. The first-order valence-corrected chi connectivity index (χ1v) is 9.32. The second-order valence-electron chi connectivity index (χ2n) is 6.57. The van der Waals surface area contributed by atoms with Crippen LogP contribution in [0.3, 0.4) is 0 Å². The molecule has 29 heavy (non-hydrogen) atoms. The van der Waals surface area contributed by atoms with Gasteiger partial charge in [-0.1, -0.05) is 48.5 Å². The van der Waals surface area contributed by atoms with E-state index in [1.807, 2.05) is 78.6 Å². The first-order valence-electron chi connectivity index (χ1n) is 9.32. The van der Waals surface area contributed by atoms with Crippen molar-refractivity contribution in [3.05, 3.63) is 72.4 Å². The molecule has 0 spiro atoms. The van der Waals surface area contributed by atoms with Crippen LogP contribution in [0.15, 0.2) is 66.9 Å². The van der Waals surface area contributed by atoms with E-state index in [9.17, 15) is 4.79 Å². The maximum absolute atomic E-state index is 12.4. The average molecular weight is 415 g/mol. The van der Waals surface area contributed by atoms with Crippen LogP contribution in [0.2, 0.25) is 0 Å². The number of nitrogens with zero attached hydrogens (tertiary/aromatic N) is 3. The highest BCUT2D eigenvalue weighted by Gasteiger charge is 2.16.